The lowest BCUT2D eigenvalue weighted by Crippen LogP contribution is -2.28. The van der Waals surface area contributed by atoms with Crippen molar-refractivity contribution in [2.24, 2.45) is 0 Å². The van der Waals surface area contributed by atoms with Crippen LogP contribution in [0.3, 0.4) is 0 Å². The molecule has 82 valence electrons. The van der Waals surface area contributed by atoms with E-state index < -0.39 is 0 Å². The second-order valence-corrected chi connectivity index (χ2v) is 3.31. The first-order chi connectivity index (χ1) is 7.33. The summed E-state index contributed by atoms with van der Waals surface area (Å²) in [6, 6.07) is 3.91. The van der Waals surface area contributed by atoms with Gasteiger partial charge in [0.25, 0.3) is 0 Å². The molecule has 2 N–H and O–H groups in total. The minimum absolute atomic E-state index is 0.0910. The van der Waals surface area contributed by atoms with Crippen LogP contribution in [0.25, 0.3) is 0 Å². The predicted octanol–water partition coefficient (Wildman–Crippen LogP) is 0.350. The molecule has 0 unspecified atom stereocenters. The molecule has 1 amide bonds. The number of hydrogen-bond donors (Lipinski definition) is 2. The molecule has 0 saturated carbocycles. The molecule has 0 radical (unpaired) electrons. The van der Waals surface area contributed by atoms with Crippen LogP contribution in [0.4, 0.5) is 0 Å². The van der Waals surface area contributed by atoms with E-state index in [0.717, 1.165) is 18.5 Å². The van der Waals surface area contributed by atoms with Crippen molar-refractivity contribution < 1.29 is 4.79 Å². The summed E-state index contributed by atoms with van der Waals surface area (Å²) in [5, 5.41) is 5.80. The number of nitrogens with zero attached hydrogens (tertiary/aromatic N) is 1. The van der Waals surface area contributed by atoms with Crippen molar-refractivity contribution in [2.45, 2.75) is 12.8 Å². The van der Waals surface area contributed by atoms with Crippen LogP contribution in [0.5, 0.6) is 0 Å². The molecule has 0 aromatic carbocycles. The highest BCUT2D eigenvalue weighted by molar-refractivity contribution is 5.76. The number of pyridine rings is 1. The van der Waals surface area contributed by atoms with E-state index in [1.54, 1.807) is 6.20 Å². The Labute approximate surface area is 90.1 Å². The van der Waals surface area contributed by atoms with E-state index in [1.807, 2.05) is 25.4 Å². The minimum Gasteiger partial charge on any atom is -0.356 e. The lowest BCUT2D eigenvalue weighted by molar-refractivity contribution is -0.120. The van der Waals surface area contributed by atoms with Crippen LogP contribution in [0.2, 0.25) is 0 Å². The molecule has 0 aliphatic carbocycles. The van der Waals surface area contributed by atoms with Gasteiger partial charge >= 0.3 is 0 Å². The quantitative estimate of drug-likeness (QED) is 0.707. The van der Waals surface area contributed by atoms with Gasteiger partial charge in [0.1, 0.15) is 0 Å². The molecule has 15 heavy (non-hydrogen) atoms. The Morgan fingerprint density at radius 3 is 3.00 bits per heavy atom. The fraction of sp³-hybridized carbons (Fsp3) is 0.455. The molecule has 1 rings (SSSR count). The van der Waals surface area contributed by atoms with Crippen LogP contribution >= 0.6 is 0 Å². The maximum absolute atomic E-state index is 11.2. The molecule has 1 heterocycles. The second-order valence-electron chi connectivity index (χ2n) is 3.31. The summed E-state index contributed by atoms with van der Waals surface area (Å²) in [6.07, 6.45) is 4.93. The summed E-state index contributed by atoms with van der Waals surface area (Å²) in [4.78, 5) is 15.2. The summed E-state index contributed by atoms with van der Waals surface area (Å²) < 4.78 is 0. The van der Waals surface area contributed by atoms with Crippen molar-refractivity contribution in [2.75, 3.05) is 20.1 Å². The lowest BCUT2D eigenvalue weighted by Gasteiger charge is -2.04. The summed E-state index contributed by atoms with van der Waals surface area (Å²) in [5.74, 6) is 0.0910. The van der Waals surface area contributed by atoms with E-state index >= 15 is 0 Å². The zero-order chi connectivity index (χ0) is 10.9. The van der Waals surface area contributed by atoms with Gasteiger partial charge in [-0.05, 0) is 25.1 Å². The number of hydrogen-bond acceptors (Lipinski definition) is 3. The van der Waals surface area contributed by atoms with Gasteiger partial charge in [0.2, 0.25) is 5.91 Å². The van der Waals surface area contributed by atoms with E-state index in [9.17, 15) is 4.79 Å². The molecule has 1 aromatic rings. The van der Waals surface area contributed by atoms with Crippen molar-refractivity contribution >= 4 is 5.91 Å². The minimum atomic E-state index is 0.0910. The number of aromatic nitrogens is 1. The van der Waals surface area contributed by atoms with Crippen LogP contribution in [0.15, 0.2) is 24.5 Å². The molecule has 0 aliphatic heterocycles. The van der Waals surface area contributed by atoms with Gasteiger partial charge in [0, 0.05) is 31.9 Å². The number of nitrogens with one attached hydrogen (secondary N) is 2. The van der Waals surface area contributed by atoms with Crippen molar-refractivity contribution in [3.05, 3.63) is 30.1 Å². The highest BCUT2D eigenvalue weighted by Gasteiger charge is 1.99. The molecule has 0 aliphatic rings. The summed E-state index contributed by atoms with van der Waals surface area (Å²) in [6.45, 7) is 1.40. The van der Waals surface area contributed by atoms with Crippen molar-refractivity contribution in [3.8, 4) is 0 Å². The fourth-order valence-corrected chi connectivity index (χ4v) is 1.22. The lowest BCUT2D eigenvalue weighted by atomic mass is 10.2. The molecule has 0 bridgehead atoms. The number of carbonyl (C=O) groups excluding carboxylic acids is 1. The standard InChI is InChI=1S/C11H17N3O/c1-12-7-5-11(15)14-8-4-10-3-2-6-13-9-10/h2-3,6,9,12H,4-5,7-8H2,1H3,(H,14,15). The van der Waals surface area contributed by atoms with Gasteiger partial charge in [-0.25, -0.2) is 0 Å². The van der Waals surface area contributed by atoms with Crippen molar-refractivity contribution in [1.29, 1.82) is 0 Å². The smallest absolute Gasteiger partial charge is 0.221 e. The first-order valence-electron chi connectivity index (χ1n) is 5.13. The van der Waals surface area contributed by atoms with E-state index in [2.05, 4.69) is 15.6 Å². The van der Waals surface area contributed by atoms with Crippen molar-refractivity contribution in [3.63, 3.8) is 0 Å². The van der Waals surface area contributed by atoms with Crippen LogP contribution < -0.4 is 10.6 Å². The molecule has 1 aromatic heterocycles. The molecular formula is C11H17N3O. The van der Waals surface area contributed by atoms with Gasteiger partial charge in [-0.3, -0.25) is 9.78 Å². The molecule has 0 saturated heterocycles. The first kappa shape index (κ1) is 11.7. The second kappa shape index (κ2) is 6.95. The Kier molecular flexibility index (Phi) is 5.40. The Morgan fingerprint density at radius 2 is 2.33 bits per heavy atom. The van der Waals surface area contributed by atoms with Gasteiger partial charge in [-0.15, -0.1) is 0 Å². The van der Waals surface area contributed by atoms with Gasteiger partial charge in [0.15, 0.2) is 0 Å². The van der Waals surface area contributed by atoms with Gasteiger partial charge in [-0.1, -0.05) is 6.07 Å². The number of carbonyl (C=O) groups is 1. The Balaban J connectivity index is 2.14. The average molecular weight is 207 g/mol. The van der Waals surface area contributed by atoms with Crippen LogP contribution in [-0.2, 0) is 11.2 Å². The van der Waals surface area contributed by atoms with Crippen LogP contribution in [0.1, 0.15) is 12.0 Å². The maximum atomic E-state index is 11.2. The maximum Gasteiger partial charge on any atom is 0.221 e. The molecule has 0 atom stereocenters. The topological polar surface area (TPSA) is 54.0 Å². The normalized spacial score (nSPS) is 9.93. The third-order valence-electron chi connectivity index (χ3n) is 2.06. The zero-order valence-corrected chi connectivity index (χ0v) is 8.99. The fourth-order valence-electron chi connectivity index (χ4n) is 1.22. The Bertz CT molecular complexity index is 287. The van der Waals surface area contributed by atoms with E-state index in [4.69, 9.17) is 0 Å². The largest absolute Gasteiger partial charge is 0.356 e. The van der Waals surface area contributed by atoms with Gasteiger partial charge in [0.05, 0.1) is 0 Å². The third kappa shape index (κ3) is 5.12. The van der Waals surface area contributed by atoms with E-state index in [-0.39, 0.29) is 5.91 Å². The summed E-state index contributed by atoms with van der Waals surface area (Å²) in [7, 11) is 1.84. The molecule has 4 heteroatoms. The number of rotatable bonds is 6. The Hall–Kier alpha value is -1.42. The average Bonchev–Trinajstić information content (AvgIpc) is 2.28. The van der Waals surface area contributed by atoms with E-state index in [0.29, 0.717) is 13.0 Å². The highest BCUT2D eigenvalue weighted by atomic mass is 16.1. The summed E-state index contributed by atoms with van der Waals surface area (Å²) >= 11 is 0. The SMILES string of the molecule is CNCCC(=O)NCCc1cccnc1. The van der Waals surface area contributed by atoms with E-state index in [1.165, 1.54) is 0 Å². The van der Waals surface area contributed by atoms with Crippen molar-refractivity contribution in [1.82, 2.24) is 15.6 Å². The van der Waals surface area contributed by atoms with Crippen LogP contribution in [0, 0.1) is 0 Å². The highest BCUT2D eigenvalue weighted by Crippen LogP contribution is 1.95. The molecule has 0 spiro atoms. The third-order valence-corrected chi connectivity index (χ3v) is 2.06. The monoisotopic (exact) mass is 207 g/mol. The molecule has 0 fully saturated rings. The molecule has 4 nitrogen and oxygen atoms in total. The number of amides is 1. The predicted molar refractivity (Wildman–Crippen MR) is 59.5 cm³/mol. The first-order valence-corrected chi connectivity index (χ1v) is 5.13. The van der Waals surface area contributed by atoms with Gasteiger partial charge < -0.3 is 10.6 Å². The van der Waals surface area contributed by atoms with Crippen LogP contribution in [-0.4, -0.2) is 31.0 Å². The zero-order valence-electron chi connectivity index (χ0n) is 8.99. The molecular weight excluding hydrogens is 190 g/mol. The summed E-state index contributed by atoms with van der Waals surface area (Å²) in [5.41, 5.74) is 1.14. The Morgan fingerprint density at radius 1 is 1.47 bits per heavy atom. The van der Waals surface area contributed by atoms with Gasteiger partial charge in [-0.2, -0.15) is 0 Å².